The average molecular weight is 346 g/mol. The highest BCUT2D eigenvalue weighted by molar-refractivity contribution is 5.89. The molecule has 2 aromatic heterocycles. The quantitative estimate of drug-likeness (QED) is 0.661. The largest absolute Gasteiger partial charge is 0.312 e. The third-order valence-electron chi connectivity index (χ3n) is 4.68. The maximum atomic E-state index is 12.4. The molecule has 1 amide bonds. The summed E-state index contributed by atoms with van der Waals surface area (Å²) >= 11 is 0. The Kier molecular flexibility index (Phi) is 4.82. The summed E-state index contributed by atoms with van der Waals surface area (Å²) in [5.74, 6) is 0.381. The van der Waals surface area contributed by atoms with Crippen LogP contribution in [0.1, 0.15) is 49.5 Å². The van der Waals surface area contributed by atoms with E-state index < -0.39 is 4.92 Å². The topological polar surface area (TPSA) is 108 Å². The second kappa shape index (κ2) is 7.04. The van der Waals surface area contributed by atoms with Crippen LogP contribution in [0, 0.1) is 24.0 Å². The molecule has 1 fully saturated rings. The van der Waals surface area contributed by atoms with Crippen molar-refractivity contribution in [2.75, 3.05) is 5.32 Å². The molecule has 0 bridgehead atoms. The molecule has 1 aliphatic carbocycles. The molecule has 1 N–H and O–H groups in total. The van der Waals surface area contributed by atoms with E-state index in [0.717, 1.165) is 12.8 Å². The van der Waals surface area contributed by atoms with Crippen molar-refractivity contribution in [2.24, 2.45) is 0 Å². The summed E-state index contributed by atoms with van der Waals surface area (Å²) in [6.07, 6.45) is 7.40. The van der Waals surface area contributed by atoms with Crippen LogP contribution in [0.25, 0.3) is 0 Å². The van der Waals surface area contributed by atoms with Gasteiger partial charge in [0.2, 0.25) is 5.91 Å². The molecule has 0 aliphatic heterocycles. The van der Waals surface area contributed by atoms with E-state index in [2.05, 4.69) is 15.5 Å². The van der Waals surface area contributed by atoms with Crippen LogP contribution in [0.4, 0.5) is 11.5 Å². The van der Waals surface area contributed by atoms with Gasteiger partial charge in [-0.1, -0.05) is 19.3 Å². The van der Waals surface area contributed by atoms with Crippen LogP contribution in [0.5, 0.6) is 0 Å². The van der Waals surface area contributed by atoms with Gasteiger partial charge in [-0.05, 0) is 26.7 Å². The molecule has 0 unspecified atom stereocenters. The molecule has 134 valence electrons. The lowest BCUT2D eigenvalue weighted by molar-refractivity contribution is -0.386. The van der Waals surface area contributed by atoms with Gasteiger partial charge in [0.05, 0.1) is 17.2 Å². The summed E-state index contributed by atoms with van der Waals surface area (Å²) in [5, 5.41) is 22.4. The van der Waals surface area contributed by atoms with Gasteiger partial charge in [0.1, 0.15) is 23.8 Å². The van der Waals surface area contributed by atoms with Crippen molar-refractivity contribution in [3.05, 3.63) is 33.8 Å². The van der Waals surface area contributed by atoms with Crippen LogP contribution in [0.3, 0.4) is 0 Å². The minimum atomic E-state index is -0.468. The second-order valence-corrected chi connectivity index (χ2v) is 6.44. The highest BCUT2D eigenvalue weighted by Crippen LogP contribution is 2.30. The molecule has 0 aromatic carbocycles. The average Bonchev–Trinajstić information content (AvgIpc) is 3.13. The molecular weight excluding hydrogens is 324 g/mol. The number of aromatic nitrogens is 4. The third kappa shape index (κ3) is 3.54. The zero-order valence-corrected chi connectivity index (χ0v) is 14.4. The van der Waals surface area contributed by atoms with Crippen LogP contribution in [-0.2, 0) is 11.3 Å². The van der Waals surface area contributed by atoms with Crippen molar-refractivity contribution in [3.8, 4) is 0 Å². The lowest BCUT2D eigenvalue weighted by Gasteiger charge is -2.23. The monoisotopic (exact) mass is 346 g/mol. The molecule has 9 heteroatoms. The first-order chi connectivity index (χ1) is 12.0. The molecule has 9 nitrogen and oxygen atoms in total. The predicted molar refractivity (Wildman–Crippen MR) is 91.3 cm³/mol. The maximum Gasteiger partial charge on any atom is 0.312 e. The number of hydrogen-bond acceptors (Lipinski definition) is 5. The summed E-state index contributed by atoms with van der Waals surface area (Å²) in [7, 11) is 0. The number of nitrogens with one attached hydrogen (secondary N) is 1. The Hall–Kier alpha value is -2.71. The molecule has 3 rings (SSSR count). The molecular formula is C16H22N6O3. The zero-order chi connectivity index (χ0) is 18.0. The number of hydrogen-bond donors (Lipinski definition) is 1. The van der Waals surface area contributed by atoms with Crippen molar-refractivity contribution >= 4 is 17.4 Å². The van der Waals surface area contributed by atoms with E-state index in [4.69, 9.17) is 0 Å². The standard InChI is InChI=1S/C16H22N6O3/c1-11-16(22(24)25)12(2)20(19-11)10-15(23)18-14-8-9-17-21(14)13-6-4-3-5-7-13/h8-9,13H,3-7,10H2,1-2H3,(H,18,23). The normalized spacial score (nSPS) is 15.3. The molecule has 2 heterocycles. The van der Waals surface area contributed by atoms with Gasteiger partial charge in [0.25, 0.3) is 0 Å². The van der Waals surface area contributed by atoms with Crippen molar-refractivity contribution in [1.82, 2.24) is 19.6 Å². The van der Waals surface area contributed by atoms with Crippen LogP contribution in [0.15, 0.2) is 12.3 Å². The number of aryl methyl sites for hydroxylation is 1. The van der Waals surface area contributed by atoms with E-state index in [9.17, 15) is 14.9 Å². The number of rotatable bonds is 5. The van der Waals surface area contributed by atoms with Gasteiger partial charge in [-0.2, -0.15) is 10.2 Å². The fourth-order valence-electron chi connectivity index (χ4n) is 3.45. The van der Waals surface area contributed by atoms with E-state index >= 15 is 0 Å². The highest BCUT2D eigenvalue weighted by atomic mass is 16.6. The first-order valence-corrected chi connectivity index (χ1v) is 8.49. The first kappa shape index (κ1) is 17.1. The van der Waals surface area contributed by atoms with Crippen molar-refractivity contribution in [3.63, 3.8) is 0 Å². The minimum Gasteiger partial charge on any atom is -0.309 e. The lowest BCUT2D eigenvalue weighted by atomic mass is 9.96. The summed E-state index contributed by atoms with van der Waals surface area (Å²) in [6.45, 7) is 3.09. The Labute approximate surface area is 145 Å². The summed E-state index contributed by atoms with van der Waals surface area (Å²) in [6, 6.07) is 2.09. The van der Waals surface area contributed by atoms with E-state index in [-0.39, 0.29) is 18.1 Å². The van der Waals surface area contributed by atoms with Gasteiger partial charge < -0.3 is 5.32 Å². The smallest absolute Gasteiger partial charge is 0.309 e. The zero-order valence-electron chi connectivity index (χ0n) is 14.4. The number of nitrogens with zero attached hydrogens (tertiary/aromatic N) is 5. The fraction of sp³-hybridized carbons (Fsp3) is 0.562. The molecule has 25 heavy (non-hydrogen) atoms. The van der Waals surface area contributed by atoms with Gasteiger partial charge in [-0.3, -0.25) is 19.6 Å². The lowest BCUT2D eigenvalue weighted by Crippen LogP contribution is -2.24. The molecule has 0 atom stereocenters. The molecule has 2 aromatic rings. The Balaban J connectivity index is 1.71. The Bertz CT molecular complexity index is 788. The number of amides is 1. The number of carbonyl (C=O) groups excluding carboxylic acids is 1. The molecule has 0 saturated heterocycles. The highest BCUT2D eigenvalue weighted by Gasteiger charge is 2.23. The Morgan fingerprint density at radius 1 is 1.36 bits per heavy atom. The molecule has 1 saturated carbocycles. The number of carbonyl (C=O) groups is 1. The van der Waals surface area contributed by atoms with Crippen molar-refractivity contribution < 1.29 is 9.72 Å². The van der Waals surface area contributed by atoms with E-state index in [1.54, 1.807) is 26.1 Å². The summed E-state index contributed by atoms with van der Waals surface area (Å²) in [4.78, 5) is 23.0. The fourth-order valence-corrected chi connectivity index (χ4v) is 3.45. The van der Waals surface area contributed by atoms with E-state index in [0.29, 0.717) is 23.2 Å². The van der Waals surface area contributed by atoms with Crippen LogP contribution in [-0.4, -0.2) is 30.4 Å². The molecule has 1 aliphatic rings. The van der Waals surface area contributed by atoms with Gasteiger partial charge in [-0.25, -0.2) is 4.68 Å². The van der Waals surface area contributed by atoms with Gasteiger partial charge in [0, 0.05) is 6.07 Å². The van der Waals surface area contributed by atoms with Crippen molar-refractivity contribution in [2.45, 2.75) is 58.5 Å². The Morgan fingerprint density at radius 2 is 2.08 bits per heavy atom. The predicted octanol–water partition coefficient (Wildman–Crippen LogP) is 2.75. The van der Waals surface area contributed by atoms with Gasteiger partial charge >= 0.3 is 5.69 Å². The minimum absolute atomic E-state index is 0.0416. The maximum absolute atomic E-state index is 12.4. The van der Waals surface area contributed by atoms with E-state index in [1.165, 1.54) is 23.9 Å². The van der Waals surface area contributed by atoms with Crippen molar-refractivity contribution in [1.29, 1.82) is 0 Å². The summed E-state index contributed by atoms with van der Waals surface area (Å²) in [5.41, 5.74) is 0.640. The Morgan fingerprint density at radius 3 is 2.72 bits per heavy atom. The van der Waals surface area contributed by atoms with E-state index in [1.807, 2.05) is 4.68 Å². The summed E-state index contributed by atoms with van der Waals surface area (Å²) < 4.78 is 3.24. The number of anilines is 1. The second-order valence-electron chi connectivity index (χ2n) is 6.44. The van der Waals surface area contributed by atoms with Gasteiger partial charge in [0.15, 0.2) is 0 Å². The van der Waals surface area contributed by atoms with Crippen LogP contribution < -0.4 is 5.32 Å². The molecule has 0 radical (unpaired) electrons. The SMILES string of the molecule is Cc1nn(CC(=O)Nc2ccnn2C2CCCCC2)c(C)c1[N+](=O)[O-]. The van der Waals surface area contributed by atoms with Crippen LogP contribution in [0.2, 0.25) is 0 Å². The first-order valence-electron chi connectivity index (χ1n) is 8.49. The number of nitro groups is 1. The van der Waals surface area contributed by atoms with Crippen LogP contribution >= 0.6 is 0 Å². The van der Waals surface area contributed by atoms with Gasteiger partial charge in [-0.15, -0.1) is 0 Å². The molecule has 0 spiro atoms. The third-order valence-corrected chi connectivity index (χ3v) is 4.68.